The first-order chi connectivity index (χ1) is 10.1. The van der Waals surface area contributed by atoms with Crippen LogP contribution in [0.15, 0.2) is 18.3 Å². The van der Waals surface area contributed by atoms with Gasteiger partial charge >= 0.3 is 0 Å². The summed E-state index contributed by atoms with van der Waals surface area (Å²) in [4.78, 5) is 18.4. The van der Waals surface area contributed by atoms with Gasteiger partial charge in [-0.2, -0.15) is 0 Å². The summed E-state index contributed by atoms with van der Waals surface area (Å²) < 4.78 is 0. The molecule has 1 aromatic rings. The van der Waals surface area contributed by atoms with E-state index in [0.717, 1.165) is 12.2 Å². The van der Waals surface area contributed by atoms with E-state index in [1.807, 2.05) is 18.0 Å². The maximum absolute atomic E-state index is 12.0. The quantitative estimate of drug-likeness (QED) is 0.875. The Morgan fingerprint density at radius 1 is 1.38 bits per heavy atom. The van der Waals surface area contributed by atoms with Crippen LogP contribution in [0.3, 0.4) is 0 Å². The summed E-state index contributed by atoms with van der Waals surface area (Å²) in [6.45, 7) is 4.04. The molecule has 1 saturated carbocycles. The fourth-order valence-electron chi connectivity index (χ4n) is 2.95. The molecule has 1 aliphatic carbocycles. The first-order valence-corrected chi connectivity index (χ1v) is 8.01. The Bertz CT molecular complexity index is 455. The zero-order valence-corrected chi connectivity index (χ0v) is 13.3. The SMILES string of the molecule is Cc1cccnc1CN(C)CC(=O)NCC1CCCCC1. The Balaban J connectivity index is 1.70. The minimum Gasteiger partial charge on any atom is -0.355 e. The van der Waals surface area contributed by atoms with E-state index in [2.05, 4.69) is 23.3 Å². The Hall–Kier alpha value is -1.42. The molecule has 1 aliphatic rings. The van der Waals surface area contributed by atoms with Crippen molar-refractivity contribution in [3.63, 3.8) is 0 Å². The van der Waals surface area contributed by atoms with Gasteiger partial charge < -0.3 is 5.32 Å². The monoisotopic (exact) mass is 289 g/mol. The maximum atomic E-state index is 12.0. The number of carbonyl (C=O) groups excluding carboxylic acids is 1. The molecule has 21 heavy (non-hydrogen) atoms. The van der Waals surface area contributed by atoms with E-state index in [0.29, 0.717) is 19.0 Å². The molecule has 1 N–H and O–H groups in total. The zero-order valence-electron chi connectivity index (χ0n) is 13.3. The summed E-state index contributed by atoms with van der Waals surface area (Å²) >= 11 is 0. The Morgan fingerprint density at radius 3 is 2.86 bits per heavy atom. The molecular weight excluding hydrogens is 262 g/mol. The van der Waals surface area contributed by atoms with Gasteiger partial charge in [-0.05, 0) is 44.4 Å². The summed E-state index contributed by atoms with van der Waals surface area (Å²) in [7, 11) is 1.97. The number of aromatic nitrogens is 1. The maximum Gasteiger partial charge on any atom is 0.234 e. The van der Waals surface area contributed by atoms with Crippen LogP contribution in [-0.4, -0.2) is 35.9 Å². The van der Waals surface area contributed by atoms with Gasteiger partial charge in [-0.25, -0.2) is 0 Å². The number of rotatable bonds is 6. The second kappa shape index (κ2) is 8.13. The predicted octanol–water partition coefficient (Wildman–Crippen LogP) is 2.52. The summed E-state index contributed by atoms with van der Waals surface area (Å²) in [5.74, 6) is 0.808. The van der Waals surface area contributed by atoms with Crippen LogP contribution in [-0.2, 0) is 11.3 Å². The molecule has 0 unspecified atom stereocenters. The third-order valence-electron chi connectivity index (χ3n) is 4.26. The Labute approximate surface area is 127 Å². The van der Waals surface area contributed by atoms with Crippen LogP contribution in [0.5, 0.6) is 0 Å². The van der Waals surface area contributed by atoms with E-state index in [1.165, 1.54) is 37.7 Å². The number of hydrogen-bond acceptors (Lipinski definition) is 3. The van der Waals surface area contributed by atoms with Crippen molar-refractivity contribution in [2.45, 2.75) is 45.6 Å². The third kappa shape index (κ3) is 5.46. The highest BCUT2D eigenvalue weighted by Crippen LogP contribution is 2.22. The lowest BCUT2D eigenvalue weighted by atomic mass is 9.89. The molecular formula is C17H27N3O. The van der Waals surface area contributed by atoms with Crippen molar-refractivity contribution in [3.05, 3.63) is 29.6 Å². The van der Waals surface area contributed by atoms with E-state index >= 15 is 0 Å². The lowest BCUT2D eigenvalue weighted by Crippen LogP contribution is -2.37. The van der Waals surface area contributed by atoms with Crippen molar-refractivity contribution in [1.29, 1.82) is 0 Å². The van der Waals surface area contributed by atoms with Crippen LogP contribution in [0.25, 0.3) is 0 Å². The number of hydrogen-bond donors (Lipinski definition) is 1. The number of amides is 1. The van der Waals surface area contributed by atoms with Crippen LogP contribution in [0, 0.1) is 12.8 Å². The van der Waals surface area contributed by atoms with E-state index in [1.54, 1.807) is 6.20 Å². The van der Waals surface area contributed by atoms with Crippen molar-refractivity contribution >= 4 is 5.91 Å². The number of carbonyl (C=O) groups is 1. The number of pyridine rings is 1. The van der Waals surface area contributed by atoms with Crippen molar-refractivity contribution in [2.75, 3.05) is 20.1 Å². The molecule has 1 heterocycles. The average molecular weight is 289 g/mol. The summed E-state index contributed by atoms with van der Waals surface area (Å²) in [6, 6.07) is 4.00. The number of likely N-dealkylation sites (N-methyl/N-ethyl adjacent to an activating group) is 1. The fraction of sp³-hybridized carbons (Fsp3) is 0.647. The minimum atomic E-state index is 0.122. The topological polar surface area (TPSA) is 45.2 Å². The smallest absolute Gasteiger partial charge is 0.234 e. The number of aryl methyl sites for hydroxylation is 1. The molecule has 0 atom stereocenters. The molecule has 2 rings (SSSR count). The van der Waals surface area contributed by atoms with Crippen LogP contribution >= 0.6 is 0 Å². The normalized spacial score (nSPS) is 16.1. The molecule has 0 radical (unpaired) electrons. The largest absolute Gasteiger partial charge is 0.355 e. The number of nitrogens with zero attached hydrogens (tertiary/aromatic N) is 2. The average Bonchev–Trinajstić information content (AvgIpc) is 2.48. The van der Waals surface area contributed by atoms with Crippen LogP contribution < -0.4 is 5.32 Å². The Kier molecular flexibility index (Phi) is 6.18. The third-order valence-corrected chi connectivity index (χ3v) is 4.26. The van der Waals surface area contributed by atoms with Crippen LogP contribution in [0.4, 0.5) is 0 Å². The van der Waals surface area contributed by atoms with Crippen molar-refractivity contribution in [2.24, 2.45) is 5.92 Å². The molecule has 0 aromatic carbocycles. The molecule has 0 aliphatic heterocycles. The van der Waals surface area contributed by atoms with Gasteiger partial charge in [0.05, 0.1) is 12.2 Å². The lowest BCUT2D eigenvalue weighted by molar-refractivity contribution is -0.122. The van der Waals surface area contributed by atoms with Gasteiger partial charge in [-0.1, -0.05) is 25.3 Å². The van der Waals surface area contributed by atoms with Gasteiger partial charge in [-0.15, -0.1) is 0 Å². The molecule has 116 valence electrons. The first kappa shape index (κ1) is 16.0. The second-order valence-corrected chi connectivity index (χ2v) is 6.25. The first-order valence-electron chi connectivity index (χ1n) is 8.01. The molecule has 1 fully saturated rings. The number of nitrogens with one attached hydrogen (secondary N) is 1. The molecule has 0 saturated heterocycles. The summed E-state index contributed by atoms with van der Waals surface area (Å²) in [6.07, 6.45) is 8.33. The highest BCUT2D eigenvalue weighted by molar-refractivity contribution is 5.77. The molecule has 4 heteroatoms. The Morgan fingerprint density at radius 2 is 2.14 bits per heavy atom. The van der Waals surface area contributed by atoms with Crippen LogP contribution in [0.1, 0.15) is 43.4 Å². The van der Waals surface area contributed by atoms with Gasteiger partial charge in [-0.3, -0.25) is 14.7 Å². The molecule has 0 bridgehead atoms. The van der Waals surface area contributed by atoms with Gasteiger partial charge in [0.1, 0.15) is 0 Å². The highest BCUT2D eigenvalue weighted by atomic mass is 16.2. The molecule has 1 amide bonds. The van der Waals surface area contributed by atoms with E-state index in [9.17, 15) is 4.79 Å². The zero-order chi connectivity index (χ0) is 15.1. The highest BCUT2D eigenvalue weighted by Gasteiger charge is 2.15. The van der Waals surface area contributed by atoms with Gasteiger partial charge in [0, 0.05) is 19.3 Å². The van der Waals surface area contributed by atoms with Crippen molar-refractivity contribution < 1.29 is 4.79 Å². The van der Waals surface area contributed by atoms with E-state index < -0.39 is 0 Å². The van der Waals surface area contributed by atoms with Crippen molar-refractivity contribution in [1.82, 2.24) is 15.2 Å². The predicted molar refractivity (Wildman–Crippen MR) is 84.9 cm³/mol. The summed E-state index contributed by atoms with van der Waals surface area (Å²) in [5, 5.41) is 3.08. The fourth-order valence-corrected chi connectivity index (χ4v) is 2.95. The van der Waals surface area contributed by atoms with Gasteiger partial charge in [0.2, 0.25) is 5.91 Å². The standard InChI is InChI=1S/C17H27N3O/c1-14-7-6-10-18-16(14)12-20(2)13-17(21)19-11-15-8-4-3-5-9-15/h6-7,10,15H,3-5,8-9,11-13H2,1-2H3,(H,19,21). The van der Waals surface area contributed by atoms with Gasteiger partial charge in [0.15, 0.2) is 0 Å². The summed E-state index contributed by atoms with van der Waals surface area (Å²) in [5.41, 5.74) is 2.21. The van der Waals surface area contributed by atoms with Crippen molar-refractivity contribution in [3.8, 4) is 0 Å². The minimum absolute atomic E-state index is 0.122. The molecule has 4 nitrogen and oxygen atoms in total. The molecule has 1 aromatic heterocycles. The van der Waals surface area contributed by atoms with Crippen LogP contribution in [0.2, 0.25) is 0 Å². The lowest BCUT2D eigenvalue weighted by Gasteiger charge is -2.22. The second-order valence-electron chi connectivity index (χ2n) is 6.25. The van der Waals surface area contributed by atoms with E-state index in [-0.39, 0.29) is 5.91 Å². The van der Waals surface area contributed by atoms with E-state index in [4.69, 9.17) is 0 Å². The molecule has 0 spiro atoms. The van der Waals surface area contributed by atoms with Gasteiger partial charge in [0.25, 0.3) is 0 Å².